The molecule has 0 amide bonds. The van der Waals surface area contributed by atoms with Crippen molar-refractivity contribution in [1.29, 1.82) is 0 Å². The number of likely N-dealkylation sites (tertiary alicyclic amines) is 1. The van der Waals surface area contributed by atoms with Crippen LogP contribution in [0.2, 0.25) is 0 Å². The van der Waals surface area contributed by atoms with Crippen molar-refractivity contribution in [2.75, 3.05) is 19.6 Å². The molecule has 0 saturated carbocycles. The van der Waals surface area contributed by atoms with E-state index in [1.54, 1.807) is 0 Å². The minimum Gasteiger partial charge on any atom is -0.481 e. The van der Waals surface area contributed by atoms with Crippen LogP contribution in [-0.4, -0.2) is 41.8 Å². The number of halogens is 4. The summed E-state index contributed by atoms with van der Waals surface area (Å²) in [6.07, 6.45) is -2.25. The van der Waals surface area contributed by atoms with Gasteiger partial charge in [-0.25, -0.2) is 0 Å². The molecule has 1 aliphatic heterocycles. The van der Waals surface area contributed by atoms with E-state index in [1.807, 2.05) is 4.90 Å². The van der Waals surface area contributed by atoms with E-state index in [2.05, 4.69) is 0 Å². The third-order valence-electron chi connectivity index (χ3n) is 3.17. The summed E-state index contributed by atoms with van der Waals surface area (Å²) in [5.41, 5.74) is 0. The number of unbranched alkanes of at least 4 members (excludes halogenated alkanes) is 1. The van der Waals surface area contributed by atoms with Crippen molar-refractivity contribution in [2.45, 2.75) is 38.3 Å². The minimum absolute atomic E-state index is 0. The Hall–Kier alpha value is -0.490. The van der Waals surface area contributed by atoms with Crippen LogP contribution in [0.5, 0.6) is 0 Å². The van der Waals surface area contributed by atoms with Crippen LogP contribution in [0.4, 0.5) is 13.2 Å². The Balaban J connectivity index is 0.00000289. The molecule has 0 spiro atoms. The molecule has 18 heavy (non-hydrogen) atoms. The van der Waals surface area contributed by atoms with Gasteiger partial charge in [0.05, 0.1) is 5.92 Å². The second-order valence-corrected chi connectivity index (χ2v) is 4.51. The van der Waals surface area contributed by atoms with Crippen LogP contribution in [0.25, 0.3) is 0 Å². The average molecular weight is 290 g/mol. The molecule has 1 saturated heterocycles. The van der Waals surface area contributed by atoms with Crippen molar-refractivity contribution < 1.29 is 23.1 Å². The predicted molar refractivity (Wildman–Crippen MR) is 64.0 cm³/mol. The first-order valence-electron chi connectivity index (χ1n) is 5.90. The van der Waals surface area contributed by atoms with E-state index in [1.165, 1.54) is 0 Å². The molecule has 1 aliphatic rings. The van der Waals surface area contributed by atoms with Crippen molar-refractivity contribution >= 4 is 18.4 Å². The van der Waals surface area contributed by atoms with Gasteiger partial charge in [0, 0.05) is 6.42 Å². The molecule has 1 fully saturated rings. The average Bonchev–Trinajstić information content (AvgIpc) is 2.23. The quantitative estimate of drug-likeness (QED) is 0.791. The van der Waals surface area contributed by atoms with Gasteiger partial charge < -0.3 is 10.0 Å². The molecule has 1 rings (SSSR count). The highest BCUT2D eigenvalue weighted by Gasteiger charge is 2.40. The molecule has 3 nitrogen and oxygen atoms in total. The zero-order valence-electron chi connectivity index (χ0n) is 10.1. The molecule has 0 bridgehead atoms. The van der Waals surface area contributed by atoms with E-state index in [0.29, 0.717) is 26.1 Å². The van der Waals surface area contributed by atoms with Gasteiger partial charge in [-0.3, -0.25) is 4.79 Å². The zero-order chi connectivity index (χ0) is 12.9. The first kappa shape index (κ1) is 17.5. The van der Waals surface area contributed by atoms with Gasteiger partial charge >= 0.3 is 12.1 Å². The molecule has 1 N–H and O–H groups in total. The van der Waals surface area contributed by atoms with Crippen LogP contribution in [0.3, 0.4) is 0 Å². The molecule has 0 aromatic carbocycles. The normalized spacial score (nSPS) is 18.4. The SMILES string of the molecule is Cl.O=C(O)CCCCN1CCC(C(F)(F)F)CC1. The van der Waals surface area contributed by atoms with Crippen molar-refractivity contribution in [3.63, 3.8) is 0 Å². The number of rotatable bonds is 5. The van der Waals surface area contributed by atoms with Crippen molar-refractivity contribution in [2.24, 2.45) is 5.92 Å². The van der Waals surface area contributed by atoms with Gasteiger partial charge in [0.1, 0.15) is 0 Å². The molecular formula is C11H19ClF3NO2. The number of carboxylic acids is 1. The van der Waals surface area contributed by atoms with Gasteiger partial charge in [-0.05, 0) is 45.3 Å². The number of nitrogens with zero attached hydrogens (tertiary/aromatic N) is 1. The number of piperidine rings is 1. The highest BCUT2D eigenvalue weighted by molar-refractivity contribution is 5.85. The van der Waals surface area contributed by atoms with Crippen LogP contribution in [0.15, 0.2) is 0 Å². The summed E-state index contributed by atoms with van der Waals surface area (Å²) in [7, 11) is 0. The van der Waals surface area contributed by atoms with Gasteiger partial charge in [0.2, 0.25) is 0 Å². The molecule has 0 aromatic heterocycles. The second kappa shape index (κ2) is 7.84. The maximum absolute atomic E-state index is 12.4. The largest absolute Gasteiger partial charge is 0.481 e. The number of hydrogen-bond donors (Lipinski definition) is 1. The molecule has 0 radical (unpaired) electrons. The van der Waals surface area contributed by atoms with E-state index in [-0.39, 0.29) is 31.7 Å². The zero-order valence-corrected chi connectivity index (χ0v) is 10.9. The van der Waals surface area contributed by atoms with Crippen LogP contribution in [0, 0.1) is 5.92 Å². The predicted octanol–water partition coefficient (Wildman–Crippen LogP) is 2.94. The summed E-state index contributed by atoms with van der Waals surface area (Å²) >= 11 is 0. The Morgan fingerprint density at radius 3 is 2.22 bits per heavy atom. The fraction of sp³-hybridized carbons (Fsp3) is 0.909. The van der Waals surface area contributed by atoms with Crippen LogP contribution in [-0.2, 0) is 4.79 Å². The standard InChI is InChI=1S/C11H18F3NO2.ClH/c12-11(13,14)9-4-7-15(8-5-9)6-2-1-3-10(16)17;/h9H,1-8H2,(H,16,17);1H. The monoisotopic (exact) mass is 289 g/mol. The Morgan fingerprint density at radius 1 is 1.22 bits per heavy atom. The molecule has 7 heteroatoms. The summed E-state index contributed by atoms with van der Waals surface area (Å²) in [5.74, 6) is -1.97. The fourth-order valence-electron chi connectivity index (χ4n) is 2.10. The van der Waals surface area contributed by atoms with Gasteiger partial charge in [0.25, 0.3) is 0 Å². The Kier molecular flexibility index (Phi) is 7.62. The number of hydrogen-bond acceptors (Lipinski definition) is 2. The van der Waals surface area contributed by atoms with Crippen molar-refractivity contribution in [1.82, 2.24) is 4.90 Å². The topological polar surface area (TPSA) is 40.5 Å². The first-order chi connectivity index (χ1) is 7.89. The summed E-state index contributed by atoms with van der Waals surface area (Å²) in [6, 6.07) is 0. The van der Waals surface area contributed by atoms with E-state index in [4.69, 9.17) is 5.11 Å². The van der Waals surface area contributed by atoms with E-state index >= 15 is 0 Å². The van der Waals surface area contributed by atoms with Gasteiger partial charge in [-0.1, -0.05) is 0 Å². The maximum atomic E-state index is 12.4. The van der Waals surface area contributed by atoms with Crippen LogP contribution < -0.4 is 0 Å². The molecule has 1 heterocycles. The molecule has 0 aromatic rings. The van der Waals surface area contributed by atoms with Gasteiger partial charge in [-0.15, -0.1) is 12.4 Å². The Morgan fingerprint density at radius 2 is 1.78 bits per heavy atom. The van der Waals surface area contributed by atoms with Gasteiger partial charge in [-0.2, -0.15) is 13.2 Å². The molecular weight excluding hydrogens is 271 g/mol. The van der Waals surface area contributed by atoms with Gasteiger partial charge in [0.15, 0.2) is 0 Å². The minimum atomic E-state index is -4.06. The molecule has 0 aliphatic carbocycles. The van der Waals surface area contributed by atoms with Crippen LogP contribution in [0.1, 0.15) is 32.1 Å². The third kappa shape index (κ3) is 6.44. The second-order valence-electron chi connectivity index (χ2n) is 4.51. The van der Waals surface area contributed by atoms with E-state index in [0.717, 1.165) is 6.42 Å². The van der Waals surface area contributed by atoms with E-state index in [9.17, 15) is 18.0 Å². The highest BCUT2D eigenvalue weighted by atomic mass is 35.5. The maximum Gasteiger partial charge on any atom is 0.391 e. The Bertz CT molecular complexity index is 253. The smallest absolute Gasteiger partial charge is 0.391 e. The number of carbonyl (C=O) groups is 1. The number of alkyl halides is 3. The summed E-state index contributed by atoms with van der Waals surface area (Å²) < 4.78 is 37.1. The van der Waals surface area contributed by atoms with E-state index < -0.39 is 18.1 Å². The molecule has 0 unspecified atom stereocenters. The Labute approximate surface area is 111 Å². The number of carboxylic acid groups (broad SMARTS) is 1. The lowest BCUT2D eigenvalue weighted by Gasteiger charge is -2.32. The molecule has 0 atom stereocenters. The lowest BCUT2D eigenvalue weighted by atomic mass is 9.96. The summed E-state index contributed by atoms with van der Waals surface area (Å²) in [6.45, 7) is 1.65. The third-order valence-corrected chi connectivity index (χ3v) is 3.17. The lowest BCUT2D eigenvalue weighted by Crippen LogP contribution is -2.39. The highest BCUT2D eigenvalue weighted by Crippen LogP contribution is 2.34. The molecule has 108 valence electrons. The first-order valence-corrected chi connectivity index (χ1v) is 5.90. The number of aliphatic carboxylic acids is 1. The van der Waals surface area contributed by atoms with Crippen molar-refractivity contribution in [3.8, 4) is 0 Å². The van der Waals surface area contributed by atoms with Crippen LogP contribution >= 0.6 is 12.4 Å². The summed E-state index contributed by atoms with van der Waals surface area (Å²) in [5, 5.41) is 8.44. The fourth-order valence-corrected chi connectivity index (χ4v) is 2.10. The summed E-state index contributed by atoms with van der Waals surface area (Å²) in [4.78, 5) is 12.3. The van der Waals surface area contributed by atoms with Crippen molar-refractivity contribution in [3.05, 3.63) is 0 Å². The lowest BCUT2D eigenvalue weighted by molar-refractivity contribution is -0.185.